The van der Waals surface area contributed by atoms with Crippen LogP contribution in [0.25, 0.3) is 0 Å². The van der Waals surface area contributed by atoms with Crippen LogP contribution < -0.4 is 9.64 Å². The fraction of sp³-hybridized carbons (Fsp3) is 0.667. The van der Waals surface area contributed by atoms with E-state index in [-0.39, 0.29) is 5.25 Å². The molecule has 1 aliphatic heterocycles. The number of ether oxygens (including phenoxy) is 1. The van der Waals surface area contributed by atoms with E-state index < -0.39 is 10.0 Å². The lowest BCUT2D eigenvalue weighted by Crippen LogP contribution is -2.49. The van der Waals surface area contributed by atoms with Gasteiger partial charge in [-0.05, 0) is 12.8 Å². The standard InChI is InChI=1S/C12H18N4O3S/c1-19-12-8-11(13-9-14-12)15-4-6-16(7-5-15)20(17,18)10-2-3-10/h8-10H,2-7H2,1H3. The average Bonchev–Trinajstić information content (AvgIpc) is 3.32. The van der Waals surface area contributed by atoms with E-state index in [0.717, 1.165) is 18.7 Å². The molecule has 0 bridgehead atoms. The van der Waals surface area contributed by atoms with Gasteiger partial charge in [0.1, 0.15) is 12.1 Å². The van der Waals surface area contributed by atoms with E-state index in [1.54, 1.807) is 17.5 Å². The number of rotatable bonds is 4. The maximum Gasteiger partial charge on any atom is 0.218 e. The van der Waals surface area contributed by atoms with Gasteiger partial charge in [-0.2, -0.15) is 4.31 Å². The van der Waals surface area contributed by atoms with Gasteiger partial charge in [0.15, 0.2) is 0 Å². The van der Waals surface area contributed by atoms with Gasteiger partial charge >= 0.3 is 0 Å². The zero-order valence-electron chi connectivity index (χ0n) is 11.4. The summed E-state index contributed by atoms with van der Waals surface area (Å²) in [4.78, 5) is 10.2. The van der Waals surface area contributed by atoms with Crippen LogP contribution in [-0.2, 0) is 10.0 Å². The summed E-state index contributed by atoms with van der Waals surface area (Å²) in [6, 6.07) is 1.77. The van der Waals surface area contributed by atoms with Crippen molar-refractivity contribution in [3.05, 3.63) is 12.4 Å². The minimum Gasteiger partial charge on any atom is -0.481 e. The second kappa shape index (κ2) is 5.17. The van der Waals surface area contributed by atoms with Crippen LogP contribution in [0.2, 0.25) is 0 Å². The minimum atomic E-state index is -3.06. The number of sulfonamides is 1. The van der Waals surface area contributed by atoms with Gasteiger partial charge in [0.05, 0.1) is 12.4 Å². The molecule has 1 aliphatic carbocycles. The maximum absolute atomic E-state index is 12.2. The van der Waals surface area contributed by atoms with Crippen molar-refractivity contribution in [2.75, 3.05) is 38.2 Å². The van der Waals surface area contributed by atoms with Gasteiger partial charge in [0, 0.05) is 32.2 Å². The summed E-state index contributed by atoms with van der Waals surface area (Å²) in [5, 5.41) is -0.131. The first-order chi connectivity index (χ1) is 9.61. The molecule has 8 heteroatoms. The van der Waals surface area contributed by atoms with Crippen molar-refractivity contribution in [1.29, 1.82) is 0 Å². The van der Waals surface area contributed by atoms with Gasteiger partial charge in [-0.1, -0.05) is 0 Å². The summed E-state index contributed by atoms with van der Waals surface area (Å²) in [5.74, 6) is 1.29. The van der Waals surface area contributed by atoms with Crippen molar-refractivity contribution in [1.82, 2.24) is 14.3 Å². The molecule has 1 aromatic rings. The van der Waals surface area contributed by atoms with Crippen LogP contribution >= 0.6 is 0 Å². The van der Waals surface area contributed by atoms with Crippen LogP contribution in [0.5, 0.6) is 5.88 Å². The molecule has 0 spiro atoms. The van der Waals surface area contributed by atoms with E-state index in [1.165, 1.54) is 6.33 Å². The van der Waals surface area contributed by atoms with E-state index in [9.17, 15) is 8.42 Å². The number of nitrogens with zero attached hydrogens (tertiary/aromatic N) is 4. The Balaban J connectivity index is 1.66. The van der Waals surface area contributed by atoms with E-state index in [0.29, 0.717) is 32.1 Å². The van der Waals surface area contributed by atoms with E-state index in [4.69, 9.17) is 4.74 Å². The molecular weight excluding hydrogens is 280 g/mol. The molecule has 2 heterocycles. The van der Waals surface area contributed by atoms with Gasteiger partial charge in [0.25, 0.3) is 0 Å². The molecule has 0 N–H and O–H groups in total. The number of hydrogen-bond acceptors (Lipinski definition) is 6. The van der Waals surface area contributed by atoms with Gasteiger partial charge in [0.2, 0.25) is 15.9 Å². The van der Waals surface area contributed by atoms with Gasteiger partial charge in [-0.3, -0.25) is 0 Å². The summed E-state index contributed by atoms with van der Waals surface area (Å²) >= 11 is 0. The van der Waals surface area contributed by atoms with Crippen LogP contribution in [0.15, 0.2) is 12.4 Å². The molecule has 2 aliphatic rings. The Hall–Kier alpha value is -1.41. The third kappa shape index (κ3) is 2.57. The van der Waals surface area contributed by atoms with Crippen molar-refractivity contribution in [3.63, 3.8) is 0 Å². The van der Waals surface area contributed by atoms with Crippen molar-refractivity contribution < 1.29 is 13.2 Å². The topological polar surface area (TPSA) is 75.6 Å². The number of piperazine rings is 1. The lowest BCUT2D eigenvalue weighted by atomic mass is 10.3. The Morgan fingerprint density at radius 1 is 1.20 bits per heavy atom. The third-order valence-corrected chi connectivity index (χ3v) is 6.10. The molecule has 110 valence electrons. The third-order valence-electron chi connectivity index (χ3n) is 3.70. The summed E-state index contributed by atoms with van der Waals surface area (Å²) in [6.45, 7) is 2.33. The van der Waals surface area contributed by atoms with Crippen LogP contribution in [0, 0.1) is 0 Å². The summed E-state index contributed by atoms with van der Waals surface area (Å²) < 4.78 is 31.0. The molecule has 0 unspecified atom stereocenters. The summed E-state index contributed by atoms with van der Waals surface area (Å²) in [6.07, 6.45) is 3.08. The first-order valence-electron chi connectivity index (χ1n) is 6.71. The van der Waals surface area contributed by atoms with Crippen LogP contribution in [0.1, 0.15) is 12.8 Å². The minimum absolute atomic E-state index is 0.131. The zero-order valence-corrected chi connectivity index (χ0v) is 12.2. The highest BCUT2D eigenvalue weighted by molar-refractivity contribution is 7.90. The Morgan fingerprint density at radius 3 is 2.50 bits per heavy atom. The average molecular weight is 298 g/mol. The Kier molecular flexibility index (Phi) is 3.51. The fourth-order valence-corrected chi connectivity index (χ4v) is 4.19. The van der Waals surface area contributed by atoms with E-state index in [1.807, 2.05) is 0 Å². The van der Waals surface area contributed by atoms with Crippen LogP contribution in [-0.4, -0.2) is 61.2 Å². The second-order valence-electron chi connectivity index (χ2n) is 5.05. The molecular formula is C12H18N4O3S. The molecule has 2 fully saturated rings. The highest BCUT2D eigenvalue weighted by atomic mass is 32.2. The molecule has 1 saturated carbocycles. The van der Waals surface area contributed by atoms with E-state index in [2.05, 4.69) is 14.9 Å². The van der Waals surface area contributed by atoms with Gasteiger partial charge < -0.3 is 9.64 Å². The second-order valence-corrected chi connectivity index (χ2v) is 7.26. The molecule has 1 saturated heterocycles. The monoisotopic (exact) mass is 298 g/mol. The maximum atomic E-state index is 12.2. The summed E-state index contributed by atoms with van der Waals surface area (Å²) in [5.41, 5.74) is 0. The number of aromatic nitrogens is 2. The highest BCUT2D eigenvalue weighted by Gasteiger charge is 2.41. The Bertz CT molecular complexity index is 580. The lowest BCUT2D eigenvalue weighted by molar-refractivity contribution is 0.380. The van der Waals surface area contributed by atoms with Crippen molar-refractivity contribution in [2.24, 2.45) is 0 Å². The number of methoxy groups -OCH3 is 1. The van der Waals surface area contributed by atoms with Crippen molar-refractivity contribution in [3.8, 4) is 5.88 Å². The molecule has 1 aromatic heterocycles. The Labute approximate surface area is 118 Å². The normalized spacial score (nSPS) is 20.9. The first-order valence-corrected chi connectivity index (χ1v) is 8.21. The predicted molar refractivity (Wildman–Crippen MR) is 74.3 cm³/mol. The molecule has 0 atom stereocenters. The molecule has 0 radical (unpaired) electrons. The molecule has 20 heavy (non-hydrogen) atoms. The largest absolute Gasteiger partial charge is 0.481 e. The number of anilines is 1. The lowest BCUT2D eigenvalue weighted by Gasteiger charge is -2.34. The van der Waals surface area contributed by atoms with Gasteiger partial charge in [-0.25, -0.2) is 18.4 Å². The zero-order chi connectivity index (χ0) is 14.2. The number of hydrogen-bond donors (Lipinski definition) is 0. The van der Waals surface area contributed by atoms with Gasteiger partial charge in [-0.15, -0.1) is 0 Å². The quantitative estimate of drug-likeness (QED) is 0.785. The van der Waals surface area contributed by atoms with E-state index >= 15 is 0 Å². The summed E-state index contributed by atoms with van der Waals surface area (Å²) in [7, 11) is -1.50. The first kappa shape index (κ1) is 13.6. The molecule has 0 aromatic carbocycles. The fourth-order valence-electron chi connectivity index (χ4n) is 2.36. The molecule has 7 nitrogen and oxygen atoms in total. The highest BCUT2D eigenvalue weighted by Crippen LogP contribution is 2.31. The van der Waals surface area contributed by atoms with Crippen LogP contribution in [0.3, 0.4) is 0 Å². The van der Waals surface area contributed by atoms with Crippen molar-refractivity contribution in [2.45, 2.75) is 18.1 Å². The van der Waals surface area contributed by atoms with Crippen molar-refractivity contribution >= 4 is 15.8 Å². The Morgan fingerprint density at radius 2 is 1.90 bits per heavy atom. The van der Waals surface area contributed by atoms with Crippen LogP contribution in [0.4, 0.5) is 5.82 Å². The molecule has 3 rings (SSSR count). The smallest absolute Gasteiger partial charge is 0.218 e. The SMILES string of the molecule is COc1cc(N2CCN(S(=O)(=O)C3CC3)CC2)ncn1. The predicted octanol–water partition coefficient (Wildman–Crippen LogP) is 0.0994. The molecule has 0 amide bonds.